The Bertz CT molecular complexity index is 675. The maximum absolute atomic E-state index is 12.3. The van der Waals surface area contributed by atoms with Crippen LogP contribution >= 0.6 is 0 Å². The molecule has 106 valence electrons. The minimum absolute atomic E-state index is 0.280. The van der Waals surface area contributed by atoms with Gasteiger partial charge < -0.3 is 10.5 Å². The Morgan fingerprint density at radius 2 is 2.00 bits per heavy atom. The highest BCUT2D eigenvalue weighted by atomic mass is 16.6. The molecule has 0 radical (unpaired) electrons. The van der Waals surface area contributed by atoms with Crippen molar-refractivity contribution in [2.75, 3.05) is 0 Å². The number of benzene rings is 1. The number of hydrogen-bond acceptors (Lipinski definition) is 3. The summed E-state index contributed by atoms with van der Waals surface area (Å²) in [6.07, 6.45) is 3.33. The molecule has 1 heterocycles. The van der Waals surface area contributed by atoms with Crippen LogP contribution in [0.15, 0.2) is 30.5 Å². The van der Waals surface area contributed by atoms with Crippen molar-refractivity contribution < 1.29 is 9.53 Å². The minimum atomic E-state index is -0.511. The van der Waals surface area contributed by atoms with E-state index in [0.29, 0.717) is 0 Å². The Hall–Kier alpha value is -1.81. The molecule has 4 heteroatoms. The van der Waals surface area contributed by atoms with Gasteiger partial charge in [-0.15, -0.1) is 0 Å². The highest BCUT2D eigenvalue weighted by molar-refractivity contribution is 5.92. The van der Waals surface area contributed by atoms with Gasteiger partial charge in [0.1, 0.15) is 5.60 Å². The molecule has 0 saturated heterocycles. The Balaban J connectivity index is 2.10. The van der Waals surface area contributed by atoms with Crippen molar-refractivity contribution in [3.8, 4) is 0 Å². The van der Waals surface area contributed by atoms with Crippen molar-refractivity contribution in [3.63, 3.8) is 0 Å². The molecule has 2 aromatic rings. The fourth-order valence-corrected chi connectivity index (χ4v) is 2.46. The zero-order valence-electron chi connectivity index (χ0n) is 12.1. The number of para-hydroxylation sites is 1. The van der Waals surface area contributed by atoms with E-state index in [0.717, 1.165) is 29.3 Å². The Morgan fingerprint density at radius 3 is 2.60 bits per heavy atom. The van der Waals surface area contributed by atoms with Crippen LogP contribution in [0.4, 0.5) is 4.79 Å². The monoisotopic (exact) mass is 272 g/mol. The summed E-state index contributed by atoms with van der Waals surface area (Å²) < 4.78 is 7.03. The zero-order valence-corrected chi connectivity index (χ0v) is 12.1. The molecule has 1 aromatic heterocycles. The SMILES string of the molecule is CC(C)(C)OC(=O)n1ccc2cccc(C3(N)CC3)c21. The lowest BCUT2D eigenvalue weighted by Crippen LogP contribution is -2.27. The van der Waals surface area contributed by atoms with Gasteiger partial charge in [-0.3, -0.25) is 4.57 Å². The van der Waals surface area contributed by atoms with E-state index < -0.39 is 5.60 Å². The number of hydrogen-bond donors (Lipinski definition) is 1. The van der Waals surface area contributed by atoms with Crippen molar-refractivity contribution in [2.45, 2.75) is 44.8 Å². The number of fused-ring (bicyclic) bond motifs is 1. The van der Waals surface area contributed by atoms with E-state index >= 15 is 0 Å². The third-order valence-corrected chi connectivity index (χ3v) is 3.63. The molecule has 1 fully saturated rings. The molecule has 0 spiro atoms. The second-order valence-electron chi connectivity index (χ2n) is 6.57. The standard InChI is InChI=1S/C16H20N2O2/c1-15(2,3)20-14(19)18-10-7-11-5-4-6-12(13(11)18)16(17)8-9-16/h4-7,10H,8-9,17H2,1-3H3. The molecular formula is C16H20N2O2. The van der Waals surface area contributed by atoms with E-state index in [9.17, 15) is 4.79 Å². The van der Waals surface area contributed by atoms with Crippen LogP contribution in [0.1, 0.15) is 39.2 Å². The molecule has 1 saturated carbocycles. The van der Waals surface area contributed by atoms with Gasteiger partial charge in [-0.25, -0.2) is 4.79 Å². The maximum Gasteiger partial charge on any atom is 0.419 e. The van der Waals surface area contributed by atoms with Gasteiger partial charge in [0.05, 0.1) is 5.52 Å². The number of rotatable bonds is 1. The number of nitrogens with zero attached hydrogens (tertiary/aromatic N) is 1. The molecule has 2 N–H and O–H groups in total. The topological polar surface area (TPSA) is 57.2 Å². The second kappa shape index (κ2) is 4.09. The van der Waals surface area contributed by atoms with Crippen LogP contribution in [-0.2, 0) is 10.3 Å². The summed E-state index contributed by atoms with van der Waals surface area (Å²) in [5.74, 6) is 0. The predicted octanol–water partition coefficient (Wildman–Crippen LogP) is 3.37. The molecule has 1 aliphatic rings. The highest BCUT2D eigenvalue weighted by Gasteiger charge is 2.42. The molecule has 0 bridgehead atoms. The van der Waals surface area contributed by atoms with Crippen molar-refractivity contribution in [2.24, 2.45) is 5.73 Å². The maximum atomic E-state index is 12.3. The zero-order chi connectivity index (χ0) is 14.5. The van der Waals surface area contributed by atoms with Gasteiger partial charge in [-0.2, -0.15) is 0 Å². The minimum Gasteiger partial charge on any atom is -0.443 e. The summed E-state index contributed by atoms with van der Waals surface area (Å²) in [5.41, 5.74) is 7.44. The number of aromatic nitrogens is 1. The van der Waals surface area contributed by atoms with E-state index in [2.05, 4.69) is 0 Å². The van der Waals surface area contributed by atoms with Crippen molar-refractivity contribution >= 4 is 17.0 Å². The summed E-state index contributed by atoms with van der Waals surface area (Å²) in [7, 11) is 0. The van der Waals surface area contributed by atoms with Gasteiger partial charge in [-0.1, -0.05) is 18.2 Å². The van der Waals surface area contributed by atoms with Gasteiger partial charge >= 0.3 is 6.09 Å². The molecule has 4 nitrogen and oxygen atoms in total. The van der Waals surface area contributed by atoms with Crippen LogP contribution in [-0.4, -0.2) is 16.3 Å². The van der Waals surface area contributed by atoms with E-state index in [1.807, 2.05) is 45.0 Å². The van der Waals surface area contributed by atoms with Crippen LogP contribution in [0.25, 0.3) is 10.9 Å². The Morgan fingerprint density at radius 1 is 1.30 bits per heavy atom. The summed E-state index contributed by atoms with van der Waals surface area (Å²) in [5, 5.41) is 1.02. The van der Waals surface area contributed by atoms with Crippen molar-refractivity contribution in [3.05, 3.63) is 36.0 Å². The van der Waals surface area contributed by atoms with E-state index in [1.165, 1.54) is 0 Å². The summed E-state index contributed by atoms with van der Waals surface area (Å²) in [6.45, 7) is 5.59. The van der Waals surface area contributed by atoms with Crippen LogP contribution in [0.3, 0.4) is 0 Å². The number of ether oxygens (including phenoxy) is 1. The fraction of sp³-hybridized carbons (Fsp3) is 0.438. The summed E-state index contributed by atoms with van der Waals surface area (Å²) in [4.78, 5) is 12.3. The van der Waals surface area contributed by atoms with E-state index in [4.69, 9.17) is 10.5 Å². The lowest BCUT2D eigenvalue weighted by Gasteiger charge is -2.21. The fourth-order valence-electron chi connectivity index (χ4n) is 2.46. The first-order valence-corrected chi connectivity index (χ1v) is 6.93. The molecule has 0 aliphatic heterocycles. The second-order valence-corrected chi connectivity index (χ2v) is 6.57. The number of nitrogens with two attached hydrogens (primary N) is 1. The van der Waals surface area contributed by atoms with Crippen molar-refractivity contribution in [1.82, 2.24) is 4.57 Å². The molecule has 0 unspecified atom stereocenters. The smallest absolute Gasteiger partial charge is 0.419 e. The summed E-state index contributed by atoms with van der Waals surface area (Å²) in [6, 6.07) is 7.92. The third kappa shape index (κ3) is 2.20. The first-order valence-electron chi connectivity index (χ1n) is 6.93. The normalized spacial score (nSPS) is 17.2. The van der Waals surface area contributed by atoms with Crippen LogP contribution < -0.4 is 5.73 Å². The first-order chi connectivity index (χ1) is 9.30. The number of carbonyl (C=O) groups excluding carboxylic acids is 1. The number of carbonyl (C=O) groups is 1. The Kier molecular flexibility index (Phi) is 2.70. The van der Waals surface area contributed by atoms with Gasteiger partial charge in [-0.05, 0) is 45.2 Å². The predicted molar refractivity (Wildman–Crippen MR) is 78.7 cm³/mol. The third-order valence-electron chi connectivity index (χ3n) is 3.63. The lowest BCUT2D eigenvalue weighted by atomic mass is 10.0. The molecule has 0 atom stereocenters. The largest absolute Gasteiger partial charge is 0.443 e. The van der Waals surface area contributed by atoms with Gasteiger partial charge in [0.25, 0.3) is 0 Å². The lowest BCUT2D eigenvalue weighted by molar-refractivity contribution is 0.0544. The van der Waals surface area contributed by atoms with Crippen molar-refractivity contribution in [1.29, 1.82) is 0 Å². The molecular weight excluding hydrogens is 252 g/mol. The molecule has 0 amide bonds. The van der Waals surface area contributed by atoms with E-state index in [-0.39, 0.29) is 11.6 Å². The van der Waals surface area contributed by atoms with Crippen LogP contribution in [0.5, 0.6) is 0 Å². The summed E-state index contributed by atoms with van der Waals surface area (Å²) >= 11 is 0. The molecule has 20 heavy (non-hydrogen) atoms. The first kappa shape index (κ1) is 13.2. The highest BCUT2D eigenvalue weighted by Crippen LogP contribution is 2.45. The molecule has 1 aliphatic carbocycles. The van der Waals surface area contributed by atoms with Gasteiger partial charge in [0.15, 0.2) is 0 Å². The average molecular weight is 272 g/mol. The molecule has 1 aromatic carbocycles. The van der Waals surface area contributed by atoms with E-state index in [1.54, 1.807) is 10.8 Å². The molecule has 3 rings (SSSR count). The quantitative estimate of drug-likeness (QED) is 0.865. The van der Waals surface area contributed by atoms with Crippen LogP contribution in [0, 0.1) is 0 Å². The average Bonchev–Trinajstić information content (AvgIpc) is 2.94. The van der Waals surface area contributed by atoms with Crippen LogP contribution in [0.2, 0.25) is 0 Å². The van der Waals surface area contributed by atoms with Gasteiger partial charge in [0, 0.05) is 17.1 Å². The Labute approximate surface area is 118 Å². The van der Waals surface area contributed by atoms with Gasteiger partial charge in [0.2, 0.25) is 0 Å².